The van der Waals surface area contributed by atoms with Crippen molar-refractivity contribution in [3.05, 3.63) is 23.8 Å². The molecule has 3 aliphatic heterocycles. The molecule has 7 rings (SSSR count). The molecule has 58 heavy (non-hydrogen) atoms. The summed E-state index contributed by atoms with van der Waals surface area (Å²) in [6.07, 6.45) is -25.8. The van der Waals surface area contributed by atoms with Crippen molar-refractivity contribution in [1.82, 2.24) is 0 Å². The maximum atomic E-state index is 20.7. The third kappa shape index (κ3) is 5.41. The summed E-state index contributed by atoms with van der Waals surface area (Å²) < 4.78 is 39.5. The van der Waals surface area contributed by atoms with E-state index in [1.165, 1.54) is 26.0 Å². The molecule has 3 saturated heterocycles. The first-order valence-corrected chi connectivity index (χ1v) is 20.2. The summed E-state index contributed by atoms with van der Waals surface area (Å²) in [6.45, 7) is 3.28. The summed E-state index contributed by atoms with van der Waals surface area (Å²) in [5.41, 5.74) is -10.7. The largest absolute Gasteiger partial charge is 0.394 e. The summed E-state index contributed by atoms with van der Waals surface area (Å²) in [5.74, 6) is -3.99. The predicted octanol–water partition coefficient (Wildman–Crippen LogP) is -3.67. The minimum absolute atomic E-state index is 0.0364. The lowest BCUT2D eigenvalue weighted by Gasteiger charge is -2.73. The second kappa shape index (κ2) is 14.9. The number of rotatable bonds is 7. The number of alkyl halides is 1. The zero-order valence-electron chi connectivity index (χ0n) is 32.9. The molecule has 6 fully saturated rings. The third-order valence-corrected chi connectivity index (χ3v) is 16.3. The van der Waals surface area contributed by atoms with Gasteiger partial charge in [-0.3, -0.25) is 9.59 Å². The van der Waals surface area contributed by atoms with Crippen molar-refractivity contribution in [2.24, 2.45) is 39.4 Å². The number of fused-ring (bicyclic) bond motifs is 5. The number of allylic oxidation sites excluding steroid dienone is 4. The van der Waals surface area contributed by atoms with E-state index in [9.17, 15) is 70.9 Å². The second-order valence-electron chi connectivity index (χ2n) is 18.5. The van der Waals surface area contributed by atoms with Crippen LogP contribution in [0.25, 0.3) is 0 Å². The Kier molecular flexibility index (Phi) is 11.4. The van der Waals surface area contributed by atoms with Crippen LogP contribution in [0.15, 0.2) is 23.8 Å². The normalized spacial score (nSPS) is 55.3. The van der Waals surface area contributed by atoms with Crippen molar-refractivity contribution in [3.63, 3.8) is 0 Å². The number of hydrogen-bond acceptors (Lipinski definition) is 17. The maximum absolute atomic E-state index is 20.7. The van der Waals surface area contributed by atoms with Gasteiger partial charge < -0.3 is 75.5 Å². The quantitative estimate of drug-likeness (QED) is 0.118. The van der Waals surface area contributed by atoms with Crippen LogP contribution < -0.4 is 0 Å². The molecule has 3 heterocycles. The predicted molar refractivity (Wildman–Crippen MR) is 194 cm³/mol. The van der Waals surface area contributed by atoms with Crippen molar-refractivity contribution in [1.29, 1.82) is 0 Å². The van der Waals surface area contributed by atoms with Gasteiger partial charge in [0, 0.05) is 5.41 Å². The van der Waals surface area contributed by atoms with Gasteiger partial charge in [0.1, 0.15) is 84.7 Å². The Hall–Kier alpha value is -1.85. The van der Waals surface area contributed by atoms with E-state index in [4.69, 9.17) is 14.2 Å². The third-order valence-electron chi connectivity index (χ3n) is 16.3. The lowest BCUT2D eigenvalue weighted by atomic mass is 9.34. The van der Waals surface area contributed by atoms with Crippen LogP contribution in [0.4, 0.5) is 4.39 Å². The van der Waals surface area contributed by atoms with Gasteiger partial charge >= 0.3 is 0 Å². The minimum atomic E-state index is -2.89. The average Bonchev–Trinajstić information content (AvgIpc) is 3.42. The second-order valence-corrected chi connectivity index (χ2v) is 18.5. The molecule has 17 nitrogen and oxygen atoms in total. The first-order chi connectivity index (χ1) is 27.1. The zero-order chi connectivity index (χ0) is 42.8. The van der Waals surface area contributed by atoms with E-state index in [-0.39, 0.29) is 19.3 Å². The van der Waals surface area contributed by atoms with E-state index < -0.39 is 174 Å². The zero-order valence-corrected chi connectivity index (χ0v) is 32.9. The number of aliphatic hydroxyl groups excluding tert-OH is 12. The molecule has 328 valence electrons. The number of Topliss-reactive ketones (excluding diaryl/α,β-unsaturated/α-hetero) is 1. The van der Waals surface area contributed by atoms with Gasteiger partial charge in [0.15, 0.2) is 5.78 Å². The fourth-order valence-corrected chi connectivity index (χ4v) is 13.8. The molecule has 0 aromatic carbocycles. The number of hydrogen-bond donors (Lipinski definition) is 12. The molecule has 3 saturated carbocycles. The highest BCUT2D eigenvalue weighted by molar-refractivity contribution is 6.01. The molecule has 12 N–H and O–H groups in total. The first-order valence-electron chi connectivity index (χ1n) is 20.2. The lowest BCUT2D eigenvalue weighted by molar-refractivity contribution is -0.372. The van der Waals surface area contributed by atoms with Gasteiger partial charge in [-0.05, 0) is 74.9 Å². The Morgan fingerprint density at radius 1 is 0.724 bits per heavy atom. The highest BCUT2D eigenvalue weighted by Gasteiger charge is 2.85. The van der Waals surface area contributed by atoms with Gasteiger partial charge in [0.2, 0.25) is 0 Å². The lowest BCUT2D eigenvalue weighted by Crippen LogP contribution is -2.82. The van der Waals surface area contributed by atoms with E-state index in [2.05, 4.69) is 0 Å². The van der Waals surface area contributed by atoms with Crippen LogP contribution in [0.1, 0.15) is 53.4 Å². The molecular formula is C40H59FO17. The van der Waals surface area contributed by atoms with E-state index in [0.717, 1.165) is 6.08 Å². The van der Waals surface area contributed by atoms with E-state index in [0.29, 0.717) is 5.57 Å². The number of carbonyl (C=O) groups is 2. The highest BCUT2D eigenvalue weighted by atomic mass is 19.1. The minimum Gasteiger partial charge on any atom is -0.394 e. The van der Waals surface area contributed by atoms with Crippen molar-refractivity contribution in [2.45, 2.75) is 151 Å². The Labute approximate surface area is 334 Å². The summed E-state index contributed by atoms with van der Waals surface area (Å²) >= 11 is 0. The molecule has 22 atom stereocenters. The van der Waals surface area contributed by atoms with Gasteiger partial charge in [-0.25, -0.2) is 4.39 Å². The number of ether oxygens (including phenoxy) is 3. The van der Waals surface area contributed by atoms with Crippen LogP contribution in [-0.4, -0.2) is 190 Å². The molecule has 1 unspecified atom stereocenters. The average molecular weight is 831 g/mol. The van der Waals surface area contributed by atoms with E-state index in [1.54, 1.807) is 13.8 Å². The summed E-state index contributed by atoms with van der Waals surface area (Å²) in [6, 6.07) is 0. The topological polar surface area (TPSA) is 305 Å². The van der Waals surface area contributed by atoms with Crippen LogP contribution in [0, 0.1) is 39.4 Å². The van der Waals surface area contributed by atoms with Gasteiger partial charge in [-0.2, -0.15) is 0 Å². The Bertz CT molecular complexity index is 1640. The highest BCUT2D eigenvalue weighted by Crippen LogP contribution is 2.80. The fraction of sp³-hybridized carbons (Fsp3) is 0.850. The van der Waals surface area contributed by atoms with Crippen LogP contribution in [0.3, 0.4) is 0 Å². The van der Waals surface area contributed by atoms with Gasteiger partial charge in [-0.15, -0.1) is 0 Å². The monoisotopic (exact) mass is 830 g/mol. The number of halogens is 1. The molecular weight excluding hydrogens is 771 g/mol. The van der Waals surface area contributed by atoms with Gasteiger partial charge in [-0.1, -0.05) is 25.5 Å². The summed E-state index contributed by atoms with van der Waals surface area (Å²) in [7, 11) is 0. The first kappa shape index (κ1) is 44.2. The van der Waals surface area contributed by atoms with Crippen molar-refractivity contribution < 1.29 is 89.5 Å². The fourth-order valence-electron chi connectivity index (χ4n) is 13.8. The van der Waals surface area contributed by atoms with Crippen molar-refractivity contribution >= 4 is 11.6 Å². The Morgan fingerprint density at radius 2 is 1.17 bits per heavy atom. The van der Waals surface area contributed by atoms with Gasteiger partial charge in [0.25, 0.3) is 0 Å². The van der Waals surface area contributed by atoms with Crippen LogP contribution in [0.5, 0.6) is 0 Å². The molecule has 0 amide bonds. The Morgan fingerprint density at radius 3 is 1.62 bits per heavy atom. The standard InChI is InChI=1S/C40H59FO17/c1-15-9-20-19-6-5-17-10-18(46)7-8-36(17,3)40(19,41)38(33-30(53)27(50)24(47)21(11-42)56-33,34-31(54)28(51)25(48)22(12-43)57-34)14-37(20,4)39(15,16(2)45)35-32(55)29(52)26(49)23(13-44)58-35/h7-8,10,15,19-35,42-44,47-55H,5-6,9,11-14H2,1-4H3/t15?,19-,20-,21+,22+,23+,24-,25-,26-,27-,28-,29-,30+,31+,32+,33+,34+,35+,36-,37-,39+,40+/m0/s1. The SMILES string of the molecule is CC(=O)[C@@]1([C@@H]2O[C@H](CO)[C@H](O)[C@H](O)[C@H]2O)C(C)C[C@H]2[C@@H]3CCC4=CC(=O)C=C[C@]4(C)[C@@]3(F)C([C@@H]3O[C@H](CO)[C@H](O)[C@H](O)[C@H]3O)([C@@H]3O[C@H](CO)[C@H](O)[C@H](O)[C@H]3O)C[C@@]21C. The number of carbonyl (C=O) groups excluding carboxylic acids is 2. The molecule has 0 spiro atoms. The molecule has 0 bridgehead atoms. The molecule has 0 radical (unpaired) electrons. The summed E-state index contributed by atoms with van der Waals surface area (Å²) in [5, 5.41) is 134. The molecule has 7 aliphatic rings. The molecule has 0 aromatic heterocycles. The smallest absolute Gasteiger partial charge is 0.178 e. The van der Waals surface area contributed by atoms with E-state index in [1.807, 2.05) is 0 Å². The molecule has 4 aliphatic carbocycles. The van der Waals surface area contributed by atoms with Crippen LogP contribution >= 0.6 is 0 Å². The van der Waals surface area contributed by atoms with Crippen molar-refractivity contribution in [3.8, 4) is 0 Å². The molecule has 18 heteroatoms. The van der Waals surface area contributed by atoms with Crippen molar-refractivity contribution in [2.75, 3.05) is 19.8 Å². The van der Waals surface area contributed by atoms with Gasteiger partial charge in [0.05, 0.1) is 49.0 Å². The number of aliphatic hydroxyl groups is 12. The van der Waals surface area contributed by atoms with Crippen LogP contribution in [0.2, 0.25) is 0 Å². The van der Waals surface area contributed by atoms with E-state index >= 15 is 4.39 Å². The number of ketones is 2. The molecule has 0 aromatic rings. The van der Waals surface area contributed by atoms with Crippen LogP contribution in [-0.2, 0) is 23.8 Å². The Balaban J connectivity index is 1.60. The summed E-state index contributed by atoms with van der Waals surface area (Å²) in [4.78, 5) is 27.7. The maximum Gasteiger partial charge on any atom is 0.178 e.